The Morgan fingerprint density at radius 1 is 0.871 bits per heavy atom. The third-order valence-corrected chi connectivity index (χ3v) is 5.21. The first-order valence-electron chi connectivity index (χ1n) is 9.71. The quantitative estimate of drug-likeness (QED) is 0.418. The molecule has 0 radical (unpaired) electrons. The second kappa shape index (κ2) is 10.4. The van der Waals surface area contributed by atoms with E-state index in [2.05, 4.69) is 10.6 Å². The molecule has 3 aromatic carbocycles. The van der Waals surface area contributed by atoms with Crippen molar-refractivity contribution >= 4 is 40.5 Å². The highest BCUT2D eigenvalue weighted by molar-refractivity contribution is 6.31. The van der Waals surface area contributed by atoms with E-state index in [1.165, 1.54) is 0 Å². The molecule has 0 atom stereocenters. The zero-order valence-corrected chi connectivity index (χ0v) is 19.1. The Morgan fingerprint density at radius 3 is 2.19 bits per heavy atom. The number of carbonyl (C=O) groups is 1. The van der Waals surface area contributed by atoms with Gasteiger partial charge in [-0.05, 0) is 66.9 Å². The van der Waals surface area contributed by atoms with Crippen LogP contribution in [0.2, 0.25) is 10.0 Å². The lowest BCUT2D eigenvalue weighted by Gasteiger charge is -2.14. The second-order valence-electron chi connectivity index (χ2n) is 7.09. The highest BCUT2D eigenvalue weighted by atomic mass is 35.5. The summed E-state index contributed by atoms with van der Waals surface area (Å²) in [5.74, 6) is 0.756. The van der Waals surface area contributed by atoms with Crippen molar-refractivity contribution in [1.29, 1.82) is 0 Å². The summed E-state index contributed by atoms with van der Waals surface area (Å²) in [6.07, 6.45) is 0. The number of nitrogens with one attached hydrogen (secondary N) is 2. The number of hydrogen-bond donors (Lipinski definition) is 2. The van der Waals surface area contributed by atoms with Gasteiger partial charge in [0.15, 0.2) is 18.1 Å². The van der Waals surface area contributed by atoms with Gasteiger partial charge < -0.3 is 20.1 Å². The number of benzene rings is 3. The van der Waals surface area contributed by atoms with Crippen LogP contribution in [0.3, 0.4) is 0 Å². The Labute approximate surface area is 192 Å². The number of anilines is 2. The Bertz CT molecular complexity index is 1090. The minimum absolute atomic E-state index is 0.151. The lowest BCUT2D eigenvalue weighted by Crippen LogP contribution is -2.20. The molecule has 0 bridgehead atoms. The Morgan fingerprint density at radius 2 is 1.52 bits per heavy atom. The number of rotatable bonds is 8. The Hall–Kier alpha value is -2.89. The van der Waals surface area contributed by atoms with Gasteiger partial charge in [-0.15, -0.1) is 0 Å². The molecular formula is C24H24Cl2N2O3. The molecule has 7 heteroatoms. The standard InChI is InChI=1S/C24H24Cl2N2O3/c1-15-4-7-18(25)11-20(15)27-13-17-6-9-22(23(10-17)30-3)31-14-24(29)28-21-12-19(26)8-5-16(21)2/h4-12,27H,13-14H2,1-3H3,(H,28,29). The van der Waals surface area contributed by atoms with E-state index in [1.807, 2.05) is 50.2 Å². The van der Waals surface area contributed by atoms with E-state index in [-0.39, 0.29) is 12.5 Å². The molecule has 5 nitrogen and oxygen atoms in total. The molecule has 0 unspecified atom stereocenters. The van der Waals surface area contributed by atoms with E-state index in [0.29, 0.717) is 33.8 Å². The van der Waals surface area contributed by atoms with E-state index in [9.17, 15) is 4.79 Å². The number of amides is 1. The van der Waals surface area contributed by atoms with Crippen LogP contribution in [-0.2, 0) is 11.3 Å². The smallest absolute Gasteiger partial charge is 0.262 e. The van der Waals surface area contributed by atoms with Gasteiger partial charge in [-0.25, -0.2) is 0 Å². The van der Waals surface area contributed by atoms with Gasteiger partial charge in [0.1, 0.15) is 0 Å². The molecule has 3 rings (SSSR count). The number of aryl methyl sites for hydroxylation is 2. The predicted molar refractivity (Wildman–Crippen MR) is 127 cm³/mol. The number of methoxy groups -OCH3 is 1. The molecule has 0 aromatic heterocycles. The number of ether oxygens (including phenoxy) is 2. The third kappa shape index (κ3) is 6.29. The SMILES string of the molecule is COc1cc(CNc2cc(Cl)ccc2C)ccc1OCC(=O)Nc1cc(Cl)ccc1C. The normalized spacial score (nSPS) is 10.5. The molecule has 31 heavy (non-hydrogen) atoms. The first-order chi connectivity index (χ1) is 14.9. The van der Waals surface area contributed by atoms with Crippen molar-refractivity contribution in [2.24, 2.45) is 0 Å². The third-order valence-electron chi connectivity index (χ3n) is 4.74. The molecule has 0 spiro atoms. The monoisotopic (exact) mass is 458 g/mol. The second-order valence-corrected chi connectivity index (χ2v) is 7.97. The first kappa shape index (κ1) is 22.8. The fourth-order valence-corrected chi connectivity index (χ4v) is 3.33. The van der Waals surface area contributed by atoms with Crippen LogP contribution in [0.15, 0.2) is 54.6 Å². The molecule has 0 heterocycles. The maximum atomic E-state index is 12.3. The molecule has 1 amide bonds. The van der Waals surface area contributed by atoms with Gasteiger partial charge in [0.25, 0.3) is 5.91 Å². The number of hydrogen-bond acceptors (Lipinski definition) is 4. The number of halogens is 2. The summed E-state index contributed by atoms with van der Waals surface area (Å²) < 4.78 is 11.1. The van der Waals surface area contributed by atoms with Crippen LogP contribution >= 0.6 is 23.2 Å². The van der Waals surface area contributed by atoms with Crippen LogP contribution in [0.25, 0.3) is 0 Å². The van der Waals surface area contributed by atoms with Gasteiger partial charge in [-0.2, -0.15) is 0 Å². The topological polar surface area (TPSA) is 59.6 Å². The van der Waals surface area contributed by atoms with Crippen LogP contribution < -0.4 is 20.1 Å². The van der Waals surface area contributed by atoms with Gasteiger partial charge >= 0.3 is 0 Å². The molecule has 3 aromatic rings. The van der Waals surface area contributed by atoms with Crippen LogP contribution in [0, 0.1) is 13.8 Å². The summed E-state index contributed by atoms with van der Waals surface area (Å²) in [4.78, 5) is 12.3. The van der Waals surface area contributed by atoms with E-state index in [0.717, 1.165) is 22.4 Å². The summed E-state index contributed by atoms with van der Waals surface area (Å²) in [6, 6.07) is 16.6. The van der Waals surface area contributed by atoms with Crippen molar-refractivity contribution < 1.29 is 14.3 Å². The molecule has 0 aliphatic heterocycles. The van der Waals surface area contributed by atoms with Gasteiger partial charge in [0.2, 0.25) is 0 Å². The molecule has 0 aliphatic rings. The molecule has 2 N–H and O–H groups in total. The lowest BCUT2D eigenvalue weighted by atomic mass is 10.1. The fourth-order valence-electron chi connectivity index (χ4n) is 2.98. The maximum Gasteiger partial charge on any atom is 0.262 e. The average Bonchev–Trinajstić information content (AvgIpc) is 2.75. The Kier molecular flexibility index (Phi) is 7.66. The zero-order valence-electron chi connectivity index (χ0n) is 17.6. The molecule has 162 valence electrons. The van der Waals surface area contributed by atoms with E-state index in [1.54, 1.807) is 25.3 Å². The molecular weight excluding hydrogens is 435 g/mol. The average molecular weight is 459 g/mol. The van der Waals surface area contributed by atoms with Crippen LogP contribution in [0.1, 0.15) is 16.7 Å². The largest absolute Gasteiger partial charge is 0.493 e. The van der Waals surface area contributed by atoms with Crippen molar-refractivity contribution in [1.82, 2.24) is 0 Å². The van der Waals surface area contributed by atoms with E-state index >= 15 is 0 Å². The van der Waals surface area contributed by atoms with Crippen molar-refractivity contribution in [2.45, 2.75) is 20.4 Å². The summed E-state index contributed by atoms with van der Waals surface area (Å²) in [7, 11) is 1.57. The van der Waals surface area contributed by atoms with Crippen LogP contribution in [0.5, 0.6) is 11.5 Å². The predicted octanol–water partition coefficient (Wildman–Crippen LogP) is 6.25. The van der Waals surface area contributed by atoms with Gasteiger partial charge in [-0.3, -0.25) is 4.79 Å². The first-order valence-corrected chi connectivity index (χ1v) is 10.5. The summed E-state index contributed by atoms with van der Waals surface area (Å²) >= 11 is 12.1. The zero-order chi connectivity index (χ0) is 22.4. The number of carbonyl (C=O) groups excluding carboxylic acids is 1. The Balaban J connectivity index is 1.61. The van der Waals surface area contributed by atoms with Crippen molar-refractivity contribution in [3.8, 4) is 11.5 Å². The fraction of sp³-hybridized carbons (Fsp3) is 0.208. The van der Waals surface area contributed by atoms with Crippen LogP contribution in [-0.4, -0.2) is 19.6 Å². The summed E-state index contributed by atoms with van der Waals surface area (Å²) in [5.41, 5.74) is 4.66. The van der Waals surface area contributed by atoms with Gasteiger partial charge in [-0.1, -0.05) is 41.4 Å². The van der Waals surface area contributed by atoms with Crippen LogP contribution in [0.4, 0.5) is 11.4 Å². The van der Waals surface area contributed by atoms with Gasteiger partial charge in [0.05, 0.1) is 7.11 Å². The van der Waals surface area contributed by atoms with Gasteiger partial charge in [0, 0.05) is 28.0 Å². The summed E-state index contributed by atoms with van der Waals surface area (Å²) in [5, 5.41) is 7.42. The highest BCUT2D eigenvalue weighted by Gasteiger charge is 2.11. The molecule has 0 saturated heterocycles. The molecule has 0 aliphatic carbocycles. The van der Waals surface area contributed by atoms with Crippen molar-refractivity contribution in [3.05, 3.63) is 81.3 Å². The minimum atomic E-state index is -0.283. The maximum absolute atomic E-state index is 12.3. The lowest BCUT2D eigenvalue weighted by molar-refractivity contribution is -0.118. The molecule has 0 fully saturated rings. The van der Waals surface area contributed by atoms with E-state index < -0.39 is 0 Å². The molecule has 0 saturated carbocycles. The van der Waals surface area contributed by atoms with Crippen molar-refractivity contribution in [3.63, 3.8) is 0 Å². The van der Waals surface area contributed by atoms with Crippen molar-refractivity contribution in [2.75, 3.05) is 24.4 Å². The van der Waals surface area contributed by atoms with E-state index in [4.69, 9.17) is 32.7 Å². The summed E-state index contributed by atoms with van der Waals surface area (Å²) in [6.45, 7) is 4.35. The minimum Gasteiger partial charge on any atom is -0.493 e. The highest BCUT2D eigenvalue weighted by Crippen LogP contribution is 2.29.